The lowest BCUT2D eigenvalue weighted by Crippen LogP contribution is -2.37. The third-order valence-corrected chi connectivity index (χ3v) is 2.32. The fourth-order valence-corrected chi connectivity index (χ4v) is 1.45. The van der Waals surface area contributed by atoms with Gasteiger partial charge in [0.2, 0.25) is 0 Å². The maximum absolute atomic E-state index is 5.52. The Morgan fingerprint density at radius 3 is 2.00 bits per heavy atom. The molecule has 0 aliphatic carbocycles. The van der Waals surface area contributed by atoms with E-state index in [1.807, 2.05) is 20.8 Å². The second-order valence-corrected chi connectivity index (χ2v) is 3.43. The van der Waals surface area contributed by atoms with Crippen molar-refractivity contribution < 1.29 is 14.2 Å². The molecule has 0 aromatic heterocycles. The van der Waals surface area contributed by atoms with Crippen LogP contribution in [0.1, 0.15) is 27.7 Å². The second kappa shape index (κ2) is 11.3. The summed E-state index contributed by atoms with van der Waals surface area (Å²) in [6.07, 6.45) is -0.114. The predicted molar refractivity (Wildman–Crippen MR) is 65.6 cm³/mol. The zero-order chi connectivity index (χ0) is 12.2. The van der Waals surface area contributed by atoms with E-state index in [1.165, 1.54) is 0 Å². The maximum atomic E-state index is 5.52. The third kappa shape index (κ3) is 8.05. The molecule has 0 rings (SSSR count). The summed E-state index contributed by atoms with van der Waals surface area (Å²) in [6.45, 7) is 13.8. The first-order chi connectivity index (χ1) is 7.78. The molecule has 0 saturated carbocycles. The van der Waals surface area contributed by atoms with Crippen LogP contribution in [-0.2, 0) is 14.2 Å². The van der Waals surface area contributed by atoms with Crippen LogP contribution < -0.4 is 0 Å². The van der Waals surface area contributed by atoms with Gasteiger partial charge in [0.15, 0.2) is 6.29 Å². The molecule has 0 aromatic carbocycles. The van der Waals surface area contributed by atoms with Gasteiger partial charge in [0.25, 0.3) is 0 Å². The minimum atomic E-state index is -0.114. The molecule has 0 aliphatic rings. The van der Waals surface area contributed by atoms with Crippen molar-refractivity contribution in [2.45, 2.75) is 34.0 Å². The van der Waals surface area contributed by atoms with Crippen molar-refractivity contribution in [2.75, 3.05) is 46.1 Å². The van der Waals surface area contributed by atoms with Crippen molar-refractivity contribution in [3.05, 3.63) is 0 Å². The molecule has 0 amide bonds. The molecule has 0 aromatic rings. The van der Waals surface area contributed by atoms with Crippen LogP contribution in [-0.4, -0.2) is 57.3 Å². The van der Waals surface area contributed by atoms with Crippen LogP contribution in [0.25, 0.3) is 0 Å². The normalized spacial score (nSPS) is 11.6. The van der Waals surface area contributed by atoms with Gasteiger partial charge in [0.1, 0.15) is 0 Å². The smallest absolute Gasteiger partial charge is 0.170 e. The zero-order valence-electron chi connectivity index (χ0n) is 11.2. The highest BCUT2D eigenvalue weighted by Crippen LogP contribution is 2.00. The van der Waals surface area contributed by atoms with Crippen LogP contribution in [0.4, 0.5) is 0 Å². The molecule has 0 fully saturated rings. The van der Waals surface area contributed by atoms with Gasteiger partial charge in [-0.05, 0) is 27.3 Å². The Morgan fingerprint density at radius 1 is 0.938 bits per heavy atom. The van der Waals surface area contributed by atoms with E-state index in [0.29, 0.717) is 13.2 Å². The van der Waals surface area contributed by atoms with Gasteiger partial charge in [-0.15, -0.1) is 0 Å². The molecule has 0 unspecified atom stereocenters. The van der Waals surface area contributed by atoms with Crippen LogP contribution in [0.3, 0.4) is 0 Å². The molecule has 4 nitrogen and oxygen atoms in total. The van der Waals surface area contributed by atoms with Gasteiger partial charge in [-0.3, -0.25) is 4.90 Å². The summed E-state index contributed by atoms with van der Waals surface area (Å²) in [5.74, 6) is 0. The Bertz CT molecular complexity index is 138. The fourth-order valence-electron chi connectivity index (χ4n) is 1.45. The first-order valence-corrected chi connectivity index (χ1v) is 6.31. The van der Waals surface area contributed by atoms with Crippen LogP contribution in [0.15, 0.2) is 0 Å². The summed E-state index contributed by atoms with van der Waals surface area (Å²) >= 11 is 0. The molecule has 0 radical (unpaired) electrons. The SMILES string of the molecule is CCOCCN(CC)CC(OCC)OCC. The van der Waals surface area contributed by atoms with Gasteiger partial charge in [-0.2, -0.15) is 0 Å². The fraction of sp³-hybridized carbons (Fsp3) is 1.00. The van der Waals surface area contributed by atoms with Crippen LogP contribution in [0.5, 0.6) is 0 Å². The highest BCUT2D eigenvalue weighted by molar-refractivity contribution is 4.58. The summed E-state index contributed by atoms with van der Waals surface area (Å²) in [6, 6.07) is 0. The molecule has 0 N–H and O–H groups in total. The predicted octanol–water partition coefficient (Wildman–Crippen LogP) is 1.74. The number of likely N-dealkylation sites (N-methyl/N-ethyl adjacent to an activating group) is 1. The summed E-state index contributed by atoms with van der Waals surface area (Å²) < 4.78 is 16.4. The van der Waals surface area contributed by atoms with Crippen molar-refractivity contribution in [3.8, 4) is 0 Å². The number of rotatable bonds is 11. The summed E-state index contributed by atoms with van der Waals surface area (Å²) in [5.41, 5.74) is 0. The van der Waals surface area contributed by atoms with E-state index in [4.69, 9.17) is 14.2 Å². The van der Waals surface area contributed by atoms with E-state index >= 15 is 0 Å². The largest absolute Gasteiger partial charge is 0.380 e. The topological polar surface area (TPSA) is 30.9 Å². The molecule has 98 valence electrons. The first kappa shape index (κ1) is 15.8. The Balaban J connectivity index is 3.84. The number of ether oxygens (including phenoxy) is 3. The van der Waals surface area contributed by atoms with Gasteiger partial charge < -0.3 is 14.2 Å². The average molecular weight is 233 g/mol. The Labute approximate surface area is 99.9 Å². The quantitative estimate of drug-likeness (QED) is 0.402. The van der Waals surface area contributed by atoms with Crippen LogP contribution in [0, 0.1) is 0 Å². The molecule has 4 heteroatoms. The van der Waals surface area contributed by atoms with E-state index in [2.05, 4.69) is 11.8 Å². The minimum absolute atomic E-state index is 0.114. The summed E-state index contributed by atoms with van der Waals surface area (Å²) in [4.78, 5) is 2.28. The lowest BCUT2D eigenvalue weighted by atomic mass is 10.4. The van der Waals surface area contributed by atoms with Crippen molar-refractivity contribution in [1.82, 2.24) is 4.90 Å². The van der Waals surface area contributed by atoms with Gasteiger partial charge in [0.05, 0.1) is 6.61 Å². The zero-order valence-corrected chi connectivity index (χ0v) is 11.2. The number of hydrogen-bond donors (Lipinski definition) is 0. The van der Waals surface area contributed by atoms with Gasteiger partial charge in [-0.25, -0.2) is 0 Å². The van der Waals surface area contributed by atoms with Crippen LogP contribution in [0.2, 0.25) is 0 Å². The Morgan fingerprint density at radius 2 is 1.56 bits per heavy atom. The van der Waals surface area contributed by atoms with E-state index in [0.717, 1.165) is 32.8 Å². The van der Waals surface area contributed by atoms with E-state index < -0.39 is 0 Å². The van der Waals surface area contributed by atoms with Crippen molar-refractivity contribution in [3.63, 3.8) is 0 Å². The number of nitrogens with zero attached hydrogens (tertiary/aromatic N) is 1. The molecule has 0 saturated heterocycles. The lowest BCUT2D eigenvalue weighted by Gasteiger charge is -2.25. The molecule has 0 aliphatic heterocycles. The van der Waals surface area contributed by atoms with Gasteiger partial charge >= 0.3 is 0 Å². The molecule has 0 heterocycles. The lowest BCUT2D eigenvalue weighted by molar-refractivity contribution is -0.147. The molecule has 16 heavy (non-hydrogen) atoms. The van der Waals surface area contributed by atoms with E-state index in [1.54, 1.807) is 0 Å². The van der Waals surface area contributed by atoms with E-state index in [9.17, 15) is 0 Å². The minimum Gasteiger partial charge on any atom is -0.380 e. The van der Waals surface area contributed by atoms with Gasteiger partial charge in [0, 0.05) is 32.9 Å². The number of hydrogen-bond acceptors (Lipinski definition) is 4. The Hall–Kier alpha value is -0.160. The summed E-state index contributed by atoms with van der Waals surface area (Å²) in [5, 5.41) is 0. The van der Waals surface area contributed by atoms with Crippen molar-refractivity contribution in [2.24, 2.45) is 0 Å². The molecule has 0 bridgehead atoms. The van der Waals surface area contributed by atoms with E-state index in [-0.39, 0.29) is 6.29 Å². The monoisotopic (exact) mass is 233 g/mol. The first-order valence-electron chi connectivity index (χ1n) is 6.31. The van der Waals surface area contributed by atoms with Crippen LogP contribution >= 0.6 is 0 Å². The molecular weight excluding hydrogens is 206 g/mol. The van der Waals surface area contributed by atoms with Crippen molar-refractivity contribution >= 4 is 0 Å². The average Bonchev–Trinajstić information content (AvgIpc) is 2.28. The standard InChI is InChI=1S/C12H27NO3/c1-5-13(9-10-14-6-2)11-12(15-7-3)16-8-4/h12H,5-11H2,1-4H3. The highest BCUT2D eigenvalue weighted by Gasteiger charge is 2.12. The summed E-state index contributed by atoms with van der Waals surface area (Å²) in [7, 11) is 0. The van der Waals surface area contributed by atoms with Gasteiger partial charge in [-0.1, -0.05) is 6.92 Å². The highest BCUT2D eigenvalue weighted by atomic mass is 16.7. The maximum Gasteiger partial charge on any atom is 0.170 e. The second-order valence-electron chi connectivity index (χ2n) is 3.43. The molecule has 0 spiro atoms. The molecular formula is C12H27NO3. The molecule has 0 atom stereocenters. The third-order valence-electron chi connectivity index (χ3n) is 2.32. The van der Waals surface area contributed by atoms with Crippen molar-refractivity contribution in [1.29, 1.82) is 0 Å². The Kier molecular flexibility index (Phi) is 11.2.